The Hall–Kier alpha value is -5.39. The average Bonchev–Trinajstić information content (AvgIpc) is 3.48. The van der Waals surface area contributed by atoms with Crippen molar-refractivity contribution >= 4 is 40.5 Å². The van der Waals surface area contributed by atoms with Crippen molar-refractivity contribution in [1.29, 1.82) is 0 Å². The second kappa shape index (κ2) is 15.0. The maximum Gasteiger partial charge on any atom is 0.490 e. The highest BCUT2D eigenvalue weighted by Crippen LogP contribution is 2.43. The lowest BCUT2D eigenvalue weighted by atomic mass is 9.85. The molecule has 0 saturated heterocycles. The van der Waals surface area contributed by atoms with E-state index in [1.54, 1.807) is 18.7 Å². The topological polar surface area (TPSA) is 154 Å². The first-order valence-corrected chi connectivity index (χ1v) is 13.4. The van der Waals surface area contributed by atoms with E-state index in [4.69, 9.17) is 31.4 Å². The Morgan fingerprint density at radius 1 is 0.854 bits per heavy atom. The van der Waals surface area contributed by atoms with E-state index in [2.05, 4.69) is 30.2 Å². The summed E-state index contributed by atoms with van der Waals surface area (Å²) in [4.78, 5) is 37.6. The van der Waals surface area contributed by atoms with Gasteiger partial charge in [0.1, 0.15) is 23.5 Å². The Labute approximate surface area is 269 Å². The number of benzene rings is 2. The van der Waals surface area contributed by atoms with E-state index >= 15 is 0 Å². The van der Waals surface area contributed by atoms with Crippen LogP contribution >= 0.6 is 11.6 Å². The molecule has 19 heteroatoms. The monoisotopic (exact) mass is 704 g/mol. The average molecular weight is 705 g/mol. The molecule has 0 aliphatic heterocycles. The number of hydrogen-bond acceptors (Lipinski definition) is 7. The number of fused-ring (bicyclic) bond motifs is 1. The first-order chi connectivity index (χ1) is 22.3. The number of rotatable bonds is 5. The van der Waals surface area contributed by atoms with Gasteiger partial charge in [-0.2, -0.15) is 26.3 Å². The van der Waals surface area contributed by atoms with Gasteiger partial charge in [-0.15, -0.1) is 0 Å². The van der Waals surface area contributed by atoms with E-state index in [0.29, 0.717) is 33.1 Å². The minimum atomic E-state index is -5.08. The molecule has 10 nitrogen and oxygen atoms in total. The van der Waals surface area contributed by atoms with Crippen LogP contribution < -0.4 is 5.32 Å². The van der Waals surface area contributed by atoms with Gasteiger partial charge in [0.25, 0.3) is 0 Å². The number of anilines is 1. The molecule has 5 aromatic rings. The highest BCUT2D eigenvalue weighted by molar-refractivity contribution is 6.32. The Morgan fingerprint density at radius 3 is 1.92 bits per heavy atom. The fourth-order valence-electron chi connectivity index (χ4n) is 4.16. The lowest BCUT2D eigenvalue weighted by Gasteiger charge is -2.24. The quantitative estimate of drug-likeness (QED) is 0.134. The van der Waals surface area contributed by atoms with Crippen molar-refractivity contribution in [2.24, 2.45) is 0 Å². The standard InChI is InChI=1S/C25H19ClF2N6.2C2HF3O2/c1-13-20(26)10-19(14(2)34-25-23-24(31-11-30-23)32-12-33-25)22(16-7-17(27)9-18(28)8-16)21(13)15-3-5-29-6-4-15;2*3-2(4,5)1(6)7/h3-12,14H,1-2H3,(H2,30,31,32,33,34);2*(H,6,7). The molecule has 2 aromatic carbocycles. The highest BCUT2D eigenvalue weighted by atomic mass is 35.5. The number of aliphatic carboxylic acids is 2. The summed E-state index contributed by atoms with van der Waals surface area (Å²) in [6.07, 6.45) is -3.86. The number of carboxylic acid groups (broad SMARTS) is 2. The van der Waals surface area contributed by atoms with Crippen molar-refractivity contribution in [2.75, 3.05) is 5.32 Å². The van der Waals surface area contributed by atoms with Crippen LogP contribution in [0.15, 0.2) is 61.4 Å². The molecule has 1 unspecified atom stereocenters. The summed E-state index contributed by atoms with van der Waals surface area (Å²) in [5.41, 5.74) is 5.40. The number of alkyl halides is 6. The SMILES string of the molecule is Cc1c(Cl)cc(C(C)Nc2ncnc3nc[nH]c23)c(-c2cc(F)cc(F)c2)c1-c1ccncc1.O=C(O)C(F)(F)F.O=C(O)C(F)(F)F. The van der Waals surface area contributed by atoms with Crippen LogP contribution in [0.4, 0.5) is 40.9 Å². The largest absolute Gasteiger partial charge is 0.490 e. The number of nitrogens with zero attached hydrogens (tertiary/aromatic N) is 4. The molecule has 0 aliphatic rings. The zero-order chi connectivity index (χ0) is 36.0. The van der Waals surface area contributed by atoms with Gasteiger partial charge in [-0.05, 0) is 77.6 Å². The first kappa shape index (κ1) is 37.1. The third-order valence-corrected chi connectivity index (χ3v) is 6.59. The molecule has 1 atom stereocenters. The third kappa shape index (κ3) is 9.34. The molecule has 0 radical (unpaired) electrons. The summed E-state index contributed by atoms with van der Waals surface area (Å²) < 4.78 is 92.1. The van der Waals surface area contributed by atoms with Crippen LogP contribution in [0.3, 0.4) is 0 Å². The zero-order valence-corrected chi connectivity index (χ0v) is 25.0. The zero-order valence-electron chi connectivity index (χ0n) is 24.3. The first-order valence-electron chi connectivity index (χ1n) is 13.0. The normalized spacial score (nSPS) is 11.9. The number of halogens is 9. The van der Waals surface area contributed by atoms with Crippen LogP contribution in [0.1, 0.15) is 24.1 Å². The summed E-state index contributed by atoms with van der Waals surface area (Å²) in [6.45, 7) is 3.82. The van der Waals surface area contributed by atoms with Gasteiger partial charge >= 0.3 is 24.3 Å². The van der Waals surface area contributed by atoms with Gasteiger partial charge in [-0.25, -0.2) is 33.3 Å². The van der Waals surface area contributed by atoms with Crippen LogP contribution in [-0.4, -0.2) is 59.4 Å². The molecule has 5 rings (SSSR count). The van der Waals surface area contributed by atoms with Crippen molar-refractivity contribution in [3.05, 3.63) is 89.2 Å². The van der Waals surface area contributed by atoms with E-state index in [9.17, 15) is 35.1 Å². The van der Waals surface area contributed by atoms with Crippen LogP contribution in [0.25, 0.3) is 33.4 Å². The fraction of sp³-hybridized carbons (Fsp3) is 0.172. The second-order valence-electron chi connectivity index (χ2n) is 9.51. The number of carboxylic acids is 2. The number of imidazole rings is 1. The van der Waals surface area contributed by atoms with Crippen LogP contribution in [-0.2, 0) is 9.59 Å². The molecule has 0 saturated carbocycles. The van der Waals surface area contributed by atoms with Gasteiger partial charge in [0, 0.05) is 23.5 Å². The molecular formula is C29H21ClF8N6O4. The molecule has 254 valence electrons. The van der Waals surface area contributed by atoms with Gasteiger partial charge in [0.2, 0.25) is 0 Å². The summed E-state index contributed by atoms with van der Waals surface area (Å²) in [7, 11) is 0. The van der Waals surface area contributed by atoms with Crippen molar-refractivity contribution in [2.45, 2.75) is 32.2 Å². The molecule has 48 heavy (non-hydrogen) atoms. The van der Waals surface area contributed by atoms with Crippen LogP contribution in [0.2, 0.25) is 5.02 Å². The molecule has 0 fully saturated rings. The summed E-state index contributed by atoms with van der Waals surface area (Å²) in [5.74, 6) is -6.29. The van der Waals surface area contributed by atoms with Gasteiger partial charge in [0.05, 0.1) is 12.4 Å². The Morgan fingerprint density at radius 2 is 1.40 bits per heavy atom. The minimum Gasteiger partial charge on any atom is -0.475 e. The predicted molar refractivity (Wildman–Crippen MR) is 156 cm³/mol. The Kier molecular flexibility index (Phi) is 11.6. The Bertz CT molecular complexity index is 1880. The van der Waals surface area contributed by atoms with Crippen LogP contribution in [0, 0.1) is 18.6 Å². The third-order valence-electron chi connectivity index (χ3n) is 6.20. The molecule has 0 aliphatic carbocycles. The summed E-state index contributed by atoms with van der Waals surface area (Å²) in [6, 6.07) is 8.67. The molecule has 0 amide bonds. The van der Waals surface area contributed by atoms with Gasteiger partial charge in [0.15, 0.2) is 11.5 Å². The summed E-state index contributed by atoms with van der Waals surface area (Å²) in [5, 5.41) is 18.2. The number of carbonyl (C=O) groups is 2. The molecule has 0 bridgehead atoms. The second-order valence-corrected chi connectivity index (χ2v) is 9.92. The number of aromatic amines is 1. The maximum absolute atomic E-state index is 14.3. The minimum absolute atomic E-state index is 0.346. The van der Waals surface area contributed by atoms with E-state index in [1.165, 1.54) is 18.5 Å². The van der Waals surface area contributed by atoms with Crippen molar-refractivity contribution in [1.82, 2.24) is 24.9 Å². The lowest BCUT2D eigenvalue weighted by molar-refractivity contribution is -0.193. The van der Waals surface area contributed by atoms with E-state index in [1.807, 2.05) is 32.0 Å². The van der Waals surface area contributed by atoms with Crippen molar-refractivity contribution in [3.8, 4) is 22.3 Å². The number of hydrogen-bond donors (Lipinski definition) is 4. The van der Waals surface area contributed by atoms with Crippen LogP contribution in [0.5, 0.6) is 0 Å². The smallest absolute Gasteiger partial charge is 0.475 e. The number of aromatic nitrogens is 5. The molecule has 4 N–H and O–H groups in total. The molecule has 3 heterocycles. The Balaban J connectivity index is 0.000000376. The van der Waals surface area contributed by atoms with Gasteiger partial charge in [-0.3, -0.25) is 4.98 Å². The molecule has 3 aromatic heterocycles. The lowest BCUT2D eigenvalue weighted by Crippen LogP contribution is -2.21. The predicted octanol–water partition coefficient (Wildman–Crippen LogP) is 7.76. The van der Waals surface area contributed by atoms with Gasteiger partial charge in [-0.1, -0.05) is 11.6 Å². The summed E-state index contributed by atoms with van der Waals surface area (Å²) >= 11 is 6.68. The van der Waals surface area contributed by atoms with Crippen molar-refractivity contribution in [3.63, 3.8) is 0 Å². The van der Waals surface area contributed by atoms with Crippen molar-refractivity contribution < 1.29 is 54.9 Å². The molecular weight excluding hydrogens is 684 g/mol. The fourth-order valence-corrected chi connectivity index (χ4v) is 4.37. The van der Waals surface area contributed by atoms with Gasteiger partial charge < -0.3 is 20.5 Å². The van der Waals surface area contributed by atoms with E-state index in [-0.39, 0.29) is 6.04 Å². The maximum atomic E-state index is 14.3. The van der Waals surface area contributed by atoms with E-state index in [0.717, 1.165) is 28.3 Å². The number of pyridine rings is 1. The number of H-pyrrole nitrogens is 1. The number of nitrogens with one attached hydrogen (secondary N) is 2. The van der Waals surface area contributed by atoms with E-state index < -0.39 is 35.9 Å². The molecule has 0 spiro atoms. The highest BCUT2D eigenvalue weighted by Gasteiger charge is 2.39.